The number of nitrogens with zero attached hydrogens (tertiary/aromatic N) is 2. The summed E-state index contributed by atoms with van der Waals surface area (Å²) in [5.41, 5.74) is 8.05. The van der Waals surface area contributed by atoms with Gasteiger partial charge in [-0.15, -0.1) is 0 Å². The molecule has 0 radical (unpaired) electrons. The van der Waals surface area contributed by atoms with Gasteiger partial charge in [-0.2, -0.15) is 8.20 Å². The Morgan fingerprint density at radius 3 is 2.67 bits per heavy atom. The Morgan fingerprint density at radius 1 is 1.25 bits per heavy atom. The molecule has 1 aromatic carbocycles. The maximum Gasteiger partial charge on any atom is 0.241 e. The number of aromatic nitrogens is 1. The van der Waals surface area contributed by atoms with Crippen molar-refractivity contribution in [2.24, 2.45) is 13.9 Å². The Kier molecular flexibility index (Phi) is 7.22. The van der Waals surface area contributed by atoms with E-state index in [2.05, 4.69) is 13.2 Å². The number of nitrogens with one attached hydrogen (secondary N) is 1. The molecule has 8 heteroatoms. The molecule has 0 fully saturated rings. The number of H-pyrrole nitrogens is 1. The van der Waals surface area contributed by atoms with E-state index in [1.165, 1.54) is 0 Å². The quantitative estimate of drug-likeness (QED) is 0.309. The van der Waals surface area contributed by atoms with E-state index in [0.717, 1.165) is 11.3 Å². The number of hydrogen-bond acceptors (Lipinski definition) is 4. The minimum Gasteiger partial charge on any atom is -0.471 e. The predicted octanol–water partition coefficient (Wildman–Crippen LogP) is 1.54. The number of halogens is 1. The summed E-state index contributed by atoms with van der Waals surface area (Å²) in [4.78, 5) is 7.27. The SMILES string of the molecule is NC(=N\I)/N=C(/OCc1ccccc1)c1ccc(CC(O)CO)[nH]1. The van der Waals surface area contributed by atoms with E-state index in [1.807, 2.05) is 30.3 Å². The number of aliphatic hydroxyl groups is 2. The van der Waals surface area contributed by atoms with E-state index in [9.17, 15) is 5.11 Å². The van der Waals surface area contributed by atoms with Crippen molar-refractivity contribution in [1.82, 2.24) is 4.98 Å². The van der Waals surface area contributed by atoms with E-state index >= 15 is 0 Å². The number of nitrogens with two attached hydrogens (primary N) is 1. The van der Waals surface area contributed by atoms with Crippen LogP contribution in [0.3, 0.4) is 0 Å². The van der Waals surface area contributed by atoms with Gasteiger partial charge in [0.05, 0.1) is 35.6 Å². The average molecular weight is 442 g/mol. The number of aromatic amines is 1. The molecule has 0 spiro atoms. The summed E-state index contributed by atoms with van der Waals surface area (Å²) >= 11 is 1.76. The highest BCUT2D eigenvalue weighted by Crippen LogP contribution is 2.10. The highest BCUT2D eigenvalue weighted by Gasteiger charge is 2.12. The lowest BCUT2D eigenvalue weighted by Gasteiger charge is -2.09. The van der Waals surface area contributed by atoms with Crippen LogP contribution in [0.15, 0.2) is 50.7 Å². The third-order valence-electron chi connectivity index (χ3n) is 3.16. The van der Waals surface area contributed by atoms with Crippen LogP contribution in [0.2, 0.25) is 0 Å². The Balaban J connectivity index is 2.16. The van der Waals surface area contributed by atoms with Crippen LogP contribution in [0.5, 0.6) is 0 Å². The van der Waals surface area contributed by atoms with Crippen LogP contribution in [0, 0.1) is 0 Å². The van der Waals surface area contributed by atoms with Crippen molar-refractivity contribution in [2.45, 2.75) is 19.1 Å². The van der Waals surface area contributed by atoms with Gasteiger partial charge in [-0.3, -0.25) is 0 Å². The molecular weight excluding hydrogens is 423 g/mol. The fourth-order valence-corrected chi connectivity index (χ4v) is 2.13. The fourth-order valence-electron chi connectivity index (χ4n) is 2.02. The molecule has 128 valence electrons. The van der Waals surface area contributed by atoms with Gasteiger partial charge in [0.25, 0.3) is 0 Å². The molecule has 0 bridgehead atoms. The van der Waals surface area contributed by atoms with E-state index < -0.39 is 6.10 Å². The van der Waals surface area contributed by atoms with E-state index in [1.54, 1.807) is 35.0 Å². The zero-order chi connectivity index (χ0) is 17.4. The highest BCUT2D eigenvalue weighted by atomic mass is 127. The molecule has 0 saturated carbocycles. The van der Waals surface area contributed by atoms with Crippen LogP contribution in [0.25, 0.3) is 0 Å². The summed E-state index contributed by atoms with van der Waals surface area (Å²) in [6, 6.07) is 13.3. The molecule has 0 aliphatic rings. The average Bonchev–Trinajstić information content (AvgIpc) is 3.07. The first kappa shape index (κ1) is 18.4. The second-order valence-corrected chi connectivity index (χ2v) is 5.55. The molecule has 2 aromatic rings. The second kappa shape index (κ2) is 9.40. The molecule has 0 saturated heterocycles. The molecule has 0 aliphatic heterocycles. The van der Waals surface area contributed by atoms with E-state index in [0.29, 0.717) is 24.6 Å². The zero-order valence-corrected chi connectivity index (χ0v) is 15.1. The summed E-state index contributed by atoms with van der Waals surface area (Å²) in [6.45, 7) is 0.0378. The van der Waals surface area contributed by atoms with Crippen LogP contribution in [-0.4, -0.2) is 39.8 Å². The number of hydrogen-bond donors (Lipinski definition) is 4. The smallest absolute Gasteiger partial charge is 0.241 e. The van der Waals surface area contributed by atoms with Crippen LogP contribution >= 0.6 is 22.9 Å². The third-order valence-corrected chi connectivity index (χ3v) is 3.66. The summed E-state index contributed by atoms with van der Waals surface area (Å²) in [6.07, 6.45) is -0.513. The molecule has 1 aromatic heterocycles. The Labute approximate surface area is 153 Å². The molecular formula is C16H19IN4O3. The van der Waals surface area contributed by atoms with E-state index in [-0.39, 0.29) is 12.6 Å². The van der Waals surface area contributed by atoms with Crippen LogP contribution in [0.1, 0.15) is 17.0 Å². The number of aliphatic imine (C=N–C) groups is 1. The zero-order valence-electron chi connectivity index (χ0n) is 12.9. The van der Waals surface area contributed by atoms with Gasteiger partial charge in [0.15, 0.2) is 0 Å². The number of ether oxygens (including phenoxy) is 1. The molecule has 1 unspecified atom stereocenters. The minimum absolute atomic E-state index is 0.0882. The van der Waals surface area contributed by atoms with Crippen molar-refractivity contribution in [3.8, 4) is 0 Å². The maximum atomic E-state index is 9.52. The van der Waals surface area contributed by atoms with Crippen molar-refractivity contribution in [1.29, 1.82) is 0 Å². The van der Waals surface area contributed by atoms with Gasteiger partial charge in [-0.25, -0.2) is 0 Å². The maximum absolute atomic E-state index is 9.52. The summed E-state index contributed by atoms with van der Waals surface area (Å²) in [5.74, 6) is 0.395. The van der Waals surface area contributed by atoms with Crippen molar-refractivity contribution in [3.05, 3.63) is 59.4 Å². The van der Waals surface area contributed by atoms with Crippen molar-refractivity contribution < 1.29 is 14.9 Å². The van der Waals surface area contributed by atoms with Crippen molar-refractivity contribution in [2.75, 3.05) is 6.61 Å². The predicted molar refractivity (Wildman–Crippen MR) is 101 cm³/mol. The van der Waals surface area contributed by atoms with Crippen LogP contribution in [-0.2, 0) is 17.8 Å². The van der Waals surface area contributed by atoms with Gasteiger partial charge in [-0.05, 0) is 17.7 Å². The number of guanidine groups is 1. The largest absolute Gasteiger partial charge is 0.471 e. The summed E-state index contributed by atoms with van der Waals surface area (Å²) in [7, 11) is 0. The Hall–Kier alpha value is -1.91. The van der Waals surface area contributed by atoms with Gasteiger partial charge in [0, 0.05) is 12.1 Å². The van der Waals surface area contributed by atoms with Crippen molar-refractivity contribution >= 4 is 34.7 Å². The third kappa shape index (κ3) is 5.62. The van der Waals surface area contributed by atoms with E-state index in [4.69, 9.17) is 15.6 Å². The first-order valence-electron chi connectivity index (χ1n) is 7.29. The molecule has 7 nitrogen and oxygen atoms in total. The van der Waals surface area contributed by atoms with Gasteiger partial charge in [-0.1, -0.05) is 30.3 Å². The van der Waals surface area contributed by atoms with Gasteiger partial charge in [0.2, 0.25) is 11.9 Å². The molecule has 2 rings (SSSR count). The highest BCUT2D eigenvalue weighted by molar-refractivity contribution is 14.1. The number of rotatable bonds is 6. The topological polar surface area (TPSA) is 116 Å². The first-order valence-corrected chi connectivity index (χ1v) is 8.26. The van der Waals surface area contributed by atoms with Crippen LogP contribution < -0.4 is 5.73 Å². The lowest BCUT2D eigenvalue weighted by molar-refractivity contribution is 0.0948. The minimum atomic E-state index is -0.817. The van der Waals surface area contributed by atoms with Crippen LogP contribution in [0.4, 0.5) is 0 Å². The Morgan fingerprint density at radius 2 is 2.00 bits per heavy atom. The summed E-state index contributed by atoms with van der Waals surface area (Å²) < 4.78 is 9.56. The molecule has 1 atom stereocenters. The normalized spacial score (nSPS) is 13.8. The lowest BCUT2D eigenvalue weighted by Crippen LogP contribution is -2.17. The van der Waals surface area contributed by atoms with Gasteiger partial charge >= 0.3 is 0 Å². The summed E-state index contributed by atoms with van der Waals surface area (Å²) in [5, 5.41) is 18.5. The van der Waals surface area contributed by atoms with Gasteiger partial charge < -0.3 is 25.7 Å². The second-order valence-electron chi connectivity index (χ2n) is 5.07. The molecule has 0 aliphatic carbocycles. The molecule has 5 N–H and O–H groups in total. The fraction of sp³-hybridized carbons (Fsp3) is 0.250. The Bertz CT molecular complexity index is 700. The molecule has 0 amide bonds. The monoisotopic (exact) mass is 442 g/mol. The lowest BCUT2D eigenvalue weighted by atomic mass is 10.2. The van der Waals surface area contributed by atoms with Crippen molar-refractivity contribution in [3.63, 3.8) is 0 Å². The molecule has 24 heavy (non-hydrogen) atoms. The van der Waals surface area contributed by atoms with Gasteiger partial charge in [0.1, 0.15) is 12.3 Å². The first-order chi connectivity index (χ1) is 11.6. The number of benzene rings is 1. The number of aliphatic hydroxyl groups excluding tert-OH is 2. The standard InChI is InChI=1S/C16H19IN4O3/c17-21-16(18)20-15(24-10-11-4-2-1-3-5-11)14-7-6-12(19-14)8-13(23)9-22/h1-7,13,19,22-23H,8-10H2,(H2,18,21)/b20-15+. The molecule has 1 heterocycles.